The number of rotatable bonds is 1. The highest BCUT2D eigenvalue weighted by Crippen LogP contribution is 2.59. The van der Waals surface area contributed by atoms with Crippen molar-refractivity contribution in [2.45, 2.75) is 24.1 Å². The lowest BCUT2D eigenvalue weighted by Crippen LogP contribution is -2.30. The Morgan fingerprint density at radius 2 is 1.88 bits per heavy atom. The predicted octanol–water partition coefficient (Wildman–Crippen LogP) is 2.29. The van der Waals surface area contributed by atoms with Gasteiger partial charge in [-0.2, -0.15) is 13.2 Å². The smallest absolute Gasteiger partial charge is 0.316 e. The lowest BCUT2D eigenvalue weighted by atomic mass is 10.0. The number of nitrogens with two attached hydrogens (primary N) is 1. The normalized spacial score (nSPS) is 27.9. The van der Waals surface area contributed by atoms with Crippen molar-refractivity contribution in [3.8, 4) is 0 Å². The summed E-state index contributed by atoms with van der Waals surface area (Å²) in [5.41, 5.74) is 1.04. The number of alkyl halides is 5. The van der Waals surface area contributed by atoms with Crippen LogP contribution in [-0.4, -0.2) is 10.9 Å². The van der Waals surface area contributed by atoms with Gasteiger partial charge in [-0.25, -0.2) is 8.78 Å². The summed E-state index contributed by atoms with van der Waals surface area (Å²) in [7, 11) is 0. The van der Waals surface area contributed by atoms with Crippen LogP contribution in [0, 0.1) is 0 Å². The lowest BCUT2D eigenvalue weighted by Gasteiger charge is -2.16. The molecule has 0 radical (unpaired) electrons. The van der Waals surface area contributed by atoms with Gasteiger partial charge >= 0.3 is 6.18 Å². The Balaban J connectivity index is 2.52. The van der Waals surface area contributed by atoms with Crippen LogP contribution in [-0.2, 0) is 11.7 Å². The Bertz CT molecular complexity index is 428. The zero-order valence-electron chi connectivity index (χ0n) is 7.85. The molecule has 2 rings (SSSR count). The summed E-state index contributed by atoms with van der Waals surface area (Å²) in [4.78, 5) is 3.08. The van der Waals surface area contributed by atoms with Crippen LogP contribution in [0.15, 0.2) is 18.3 Å². The first-order valence-electron chi connectivity index (χ1n) is 4.38. The molecule has 1 aromatic heterocycles. The molecule has 0 aromatic carbocycles. The Hall–Kier alpha value is -1.24. The lowest BCUT2D eigenvalue weighted by molar-refractivity contribution is -0.142. The largest absolute Gasteiger partial charge is 0.433 e. The molecule has 0 bridgehead atoms. The molecule has 1 unspecified atom stereocenters. The summed E-state index contributed by atoms with van der Waals surface area (Å²) in [6.45, 7) is 0. The van der Waals surface area contributed by atoms with Crippen molar-refractivity contribution >= 4 is 0 Å². The molecule has 2 nitrogen and oxygen atoms in total. The topological polar surface area (TPSA) is 38.9 Å². The highest BCUT2D eigenvalue weighted by Gasteiger charge is 2.71. The van der Waals surface area contributed by atoms with Gasteiger partial charge in [-0.3, -0.25) is 4.98 Å². The van der Waals surface area contributed by atoms with Gasteiger partial charge in [0.05, 0.1) is 0 Å². The third kappa shape index (κ3) is 1.46. The Morgan fingerprint density at radius 1 is 1.31 bits per heavy atom. The van der Waals surface area contributed by atoms with Gasteiger partial charge in [-0.1, -0.05) is 6.07 Å². The molecule has 1 aliphatic carbocycles. The molecule has 1 aliphatic rings. The second kappa shape index (κ2) is 2.91. The molecule has 1 heterocycles. The highest BCUT2D eigenvalue weighted by atomic mass is 19.4. The van der Waals surface area contributed by atoms with Crippen LogP contribution in [0.3, 0.4) is 0 Å². The zero-order valence-corrected chi connectivity index (χ0v) is 7.85. The molecule has 1 atom stereocenters. The van der Waals surface area contributed by atoms with Gasteiger partial charge in [0.25, 0.3) is 5.92 Å². The third-order valence-electron chi connectivity index (χ3n) is 2.59. The van der Waals surface area contributed by atoms with Crippen LogP contribution in [0.2, 0.25) is 0 Å². The fourth-order valence-corrected chi connectivity index (χ4v) is 1.59. The van der Waals surface area contributed by atoms with Gasteiger partial charge in [0, 0.05) is 18.2 Å². The standard InChI is InChI=1S/C9H7F5N2/c10-8(11)4-7(8,15)5-2-1-3-16-6(5)9(12,13)14/h1-3H,4,15H2. The van der Waals surface area contributed by atoms with Gasteiger partial charge < -0.3 is 5.73 Å². The van der Waals surface area contributed by atoms with Gasteiger partial charge in [0.2, 0.25) is 0 Å². The summed E-state index contributed by atoms with van der Waals surface area (Å²) in [5, 5.41) is 0. The first-order valence-corrected chi connectivity index (χ1v) is 4.38. The van der Waals surface area contributed by atoms with E-state index in [0.29, 0.717) is 0 Å². The predicted molar refractivity (Wildman–Crippen MR) is 44.7 cm³/mol. The minimum Gasteiger partial charge on any atom is -0.316 e. The summed E-state index contributed by atoms with van der Waals surface area (Å²) in [5.74, 6) is -3.30. The Morgan fingerprint density at radius 3 is 2.31 bits per heavy atom. The molecular weight excluding hydrogens is 231 g/mol. The van der Waals surface area contributed by atoms with E-state index in [4.69, 9.17) is 5.73 Å². The van der Waals surface area contributed by atoms with Crippen LogP contribution in [0.5, 0.6) is 0 Å². The van der Waals surface area contributed by atoms with Crippen LogP contribution in [0.1, 0.15) is 17.7 Å². The third-order valence-corrected chi connectivity index (χ3v) is 2.59. The monoisotopic (exact) mass is 238 g/mol. The second-order valence-electron chi connectivity index (χ2n) is 3.75. The van der Waals surface area contributed by atoms with E-state index in [2.05, 4.69) is 4.98 Å². The number of halogens is 5. The fourth-order valence-electron chi connectivity index (χ4n) is 1.59. The minimum absolute atomic E-state index is 0.646. The first kappa shape index (κ1) is 11.3. The molecule has 7 heteroatoms. The zero-order chi connectivity index (χ0) is 12.2. The van der Waals surface area contributed by atoms with Crippen molar-refractivity contribution in [3.63, 3.8) is 0 Å². The van der Waals surface area contributed by atoms with Crippen LogP contribution >= 0.6 is 0 Å². The number of nitrogens with zero attached hydrogens (tertiary/aromatic N) is 1. The second-order valence-corrected chi connectivity index (χ2v) is 3.75. The highest BCUT2D eigenvalue weighted by molar-refractivity contribution is 5.39. The quantitative estimate of drug-likeness (QED) is 0.762. The molecule has 16 heavy (non-hydrogen) atoms. The SMILES string of the molecule is NC1(c2cccnc2C(F)(F)F)CC1(F)F. The van der Waals surface area contributed by atoms with Crippen molar-refractivity contribution in [2.24, 2.45) is 5.73 Å². The average molecular weight is 238 g/mol. The molecular formula is C9H7F5N2. The number of hydrogen-bond acceptors (Lipinski definition) is 2. The summed E-state index contributed by atoms with van der Waals surface area (Å²) >= 11 is 0. The first-order chi connectivity index (χ1) is 7.18. The minimum atomic E-state index is -4.78. The maximum Gasteiger partial charge on any atom is 0.433 e. The molecule has 0 amide bonds. The van der Waals surface area contributed by atoms with E-state index in [0.717, 1.165) is 18.3 Å². The summed E-state index contributed by atoms with van der Waals surface area (Å²) < 4.78 is 63.3. The van der Waals surface area contributed by atoms with Gasteiger partial charge in [-0.15, -0.1) is 0 Å². The summed E-state index contributed by atoms with van der Waals surface area (Å²) in [6, 6.07) is 2.10. The molecule has 1 aromatic rings. The van der Waals surface area contributed by atoms with E-state index in [1.165, 1.54) is 0 Å². The maximum atomic E-state index is 12.9. The van der Waals surface area contributed by atoms with Gasteiger partial charge in [0.1, 0.15) is 11.2 Å². The molecule has 0 spiro atoms. The van der Waals surface area contributed by atoms with E-state index in [9.17, 15) is 22.0 Å². The molecule has 0 saturated heterocycles. The fraction of sp³-hybridized carbons (Fsp3) is 0.444. The van der Waals surface area contributed by atoms with Crippen LogP contribution in [0.25, 0.3) is 0 Å². The molecule has 1 fully saturated rings. The van der Waals surface area contributed by atoms with Crippen LogP contribution < -0.4 is 5.73 Å². The van der Waals surface area contributed by atoms with Gasteiger partial charge in [0.15, 0.2) is 0 Å². The van der Waals surface area contributed by atoms with E-state index in [-0.39, 0.29) is 0 Å². The molecule has 1 saturated carbocycles. The average Bonchev–Trinajstić information content (AvgIpc) is 2.66. The maximum absolute atomic E-state index is 12.9. The Kier molecular flexibility index (Phi) is 2.04. The Labute approximate surface area is 87.3 Å². The van der Waals surface area contributed by atoms with Crippen molar-refractivity contribution in [1.82, 2.24) is 4.98 Å². The summed E-state index contributed by atoms with van der Waals surface area (Å²) in [6.07, 6.45) is -4.66. The van der Waals surface area contributed by atoms with Crippen molar-refractivity contribution in [2.75, 3.05) is 0 Å². The molecule has 0 aliphatic heterocycles. The van der Waals surface area contributed by atoms with E-state index in [1.807, 2.05) is 0 Å². The molecule has 88 valence electrons. The van der Waals surface area contributed by atoms with E-state index < -0.39 is 35.3 Å². The number of hydrogen-bond donors (Lipinski definition) is 1. The van der Waals surface area contributed by atoms with E-state index in [1.54, 1.807) is 0 Å². The van der Waals surface area contributed by atoms with Crippen LogP contribution in [0.4, 0.5) is 22.0 Å². The van der Waals surface area contributed by atoms with E-state index >= 15 is 0 Å². The van der Waals surface area contributed by atoms with Crippen molar-refractivity contribution in [1.29, 1.82) is 0 Å². The number of pyridine rings is 1. The van der Waals surface area contributed by atoms with Gasteiger partial charge in [-0.05, 0) is 6.07 Å². The van der Waals surface area contributed by atoms with Crippen molar-refractivity contribution in [3.05, 3.63) is 29.6 Å². The molecule has 2 N–H and O–H groups in total. The number of aromatic nitrogens is 1. The van der Waals surface area contributed by atoms with Crippen molar-refractivity contribution < 1.29 is 22.0 Å².